The zero-order valence-corrected chi connectivity index (χ0v) is 18.7. The molecule has 4 rings (SSSR count). The number of pyridine rings is 1. The summed E-state index contributed by atoms with van der Waals surface area (Å²) in [5.74, 6) is -0.576. The topological polar surface area (TPSA) is 77.8 Å². The molecule has 1 fully saturated rings. The maximum atomic E-state index is 12.4. The van der Waals surface area contributed by atoms with Gasteiger partial charge in [-0.3, -0.25) is 9.18 Å². The minimum atomic E-state index is -1.20. The van der Waals surface area contributed by atoms with Gasteiger partial charge in [0.1, 0.15) is 11.3 Å². The van der Waals surface area contributed by atoms with Gasteiger partial charge in [0.2, 0.25) is 0 Å². The van der Waals surface area contributed by atoms with Crippen molar-refractivity contribution < 1.29 is 23.8 Å². The number of hydrogen-bond donors (Lipinski definition) is 1. The van der Waals surface area contributed by atoms with Crippen LogP contribution < -0.4 is 10.2 Å². The lowest BCUT2D eigenvalue weighted by Crippen LogP contribution is -2.29. The van der Waals surface area contributed by atoms with E-state index in [2.05, 4.69) is 6.92 Å². The highest BCUT2D eigenvalue weighted by Gasteiger charge is 2.47. The van der Waals surface area contributed by atoms with Crippen molar-refractivity contribution in [3.05, 3.63) is 50.8 Å². The van der Waals surface area contributed by atoms with Crippen molar-refractivity contribution in [1.29, 1.82) is 0 Å². The molecular weight excluding hydrogens is 425 g/mol. The highest BCUT2D eigenvalue weighted by molar-refractivity contribution is 6.32. The van der Waals surface area contributed by atoms with Crippen LogP contribution in [0.3, 0.4) is 0 Å². The molecule has 0 radical (unpaired) electrons. The van der Waals surface area contributed by atoms with Gasteiger partial charge in [0.05, 0.1) is 24.5 Å². The SMILES string of the molecule is CF.COCCCOc1cc2c(cc1Cl)-c1cc(=O)c(C(=O)O)cn1C(C1(C)CC1)C2. The third-order valence-corrected chi connectivity index (χ3v) is 6.38. The lowest BCUT2D eigenvalue weighted by Gasteiger charge is -2.35. The van der Waals surface area contributed by atoms with Crippen molar-refractivity contribution in [3.8, 4) is 17.0 Å². The fourth-order valence-electron chi connectivity index (χ4n) is 4.10. The minimum Gasteiger partial charge on any atom is -0.492 e. The number of carbonyl (C=O) groups is 1. The number of carboxylic acid groups (broad SMARTS) is 1. The van der Waals surface area contributed by atoms with E-state index in [1.54, 1.807) is 7.11 Å². The Kier molecular flexibility index (Phi) is 7.06. The zero-order valence-electron chi connectivity index (χ0n) is 17.9. The van der Waals surface area contributed by atoms with Gasteiger partial charge in [-0.05, 0) is 42.4 Å². The van der Waals surface area contributed by atoms with E-state index in [0.29, 0.717) is 36.9 Å². The van der Waals surface area contributed by atoms with Crippen LogP contribution in [0.25, 0.3) is 11.3 Å². The second-order valence-electron chi connectivity index (χ2n) is 8.16. The van der Waals surface area contributed by atoms with Crippen molar-refractivity contribution in [2.24, 2.45) is 5.41 Å². The van der Waals surface area contributed by atoms with Gasteiger partial charge in [0, 0.05) is 44.0 Å². The minimum absolute atomic E-state index is 0.0891. The van der Waals surface area contributed by atoms with E-state index in [1.807, 2.05) is 16.7 Å². The fourth-order valence-corrected chi connectivity index (χ4v) is 4.32. The summed E-state index contributed by atoms with van der Waals surface area (Å²) in [5.41, 5.74) is 2.04. The molecule has 0 amide bonds. The van der Waals surface area contributed by atoms with Gasteiger partial charge in [0.25, 0.3) is 0 Å². The number of aromatic nitrogens is 1. The quantitative estimate of drug-likeness (QED) is 0.614. The number of nitrogens with zero attached hydrogens (tertiary/aromatic N) is 1. The molecule has 1 atom stereocenters. The molecule has 2 heterocycles. The summed E-state index contributed by atoms with van der Waals surface area (Å²) < 4.78 is 22.4. The summed E-state index contributed by atoms with van der Waals surface area (Å²) in [5, 5.41) is 9.88. The summed E-state index contributed by atoms with van der Waals surface area (Å²) >= 11 is 6.46. The molecule has 0 spiro atoms. The lowest BCUT2D eigenvalue weighted by atomic mass is 9.85. The van der Waals surface area contributed by atoms with E-state index in [0.717, 1.165) is 36.8 Å². The van der Waals surface area contributed by atoms with Crippen LogP contribution in [0.1, 0.15) is 48.1 Å². The Morgan fingerprint density at radius 2 is 2.00 bits per heavy atom. The van der Waals surface area contributed by atoms with Crippen LogP contribution >= 0.6 is 11.6 Å². The molecule has 1 aliphatic carbocycles. The second kappa shape index (κ2) is 9.40. The summed E-state index contributed by atoms with van der Waals surface area (Å²) in [6.45, 7) is 3.33. The van der Waals surface area contributed by atoms with E-state index in [-0.39, 0.29) is 17.0 Å². The van der Waals surface area contributed by atoms with Gasteiger partial charge >= 0.3 is 5.97 Å². The number of aromatic carboxylic acids is 1. The molecule has 6 nitrogen and oxygen atoms in total. The highest BCUT2D eigenvalue weighted by Crippen LogP contribution is 2.57. The van der Waals surface area contributed by atoms with E-state index >= 15 is 0 Å². The van der Waals surface area contributed by atoms with Crippen molar-refractivity contribution in [2.45, 2.75) is 38.6 Å². The van der Waals surface area contributed by atoms with Crippen LogP contribution in [0.2, 0.25) is 5.02 Å². The first-order valence-corrected chi connectivity index (χ1v) is 10.5. The largest absolute Gasteiger partial charge is 0.492 e. The first-order chi connectivity index (χ1) is 14.8. The van der Waals surface area contributed by atoms with Crippen LogP contribution in [-0.4, -0.2) is 43.1 Å². The Morgan fingerprint density at radius 1 is 1.29 bits per heavy atom. The first kappa shape index (κ1) is 23.3. The molecule has 1 N–H and O–H groups in total. The summed E-state index contributed by atoms with van der Waals surface area (Å²) in [4.78, 5) is 23.9. The Hall–Kier alpha value is -2.38. The smallest absolute Gasteiger partial charge is 0.341 e. The third-order valence-electron chi connectivity index (χ3n) is 6.09. The van der Waals surface area contributed by atoms with Crippen molar-refractivity contribution in [3.63, 3.8) is 0 Å². The Labute approximate surface area is 185 Å². The van der Waals surface area contributed by atoms with Crippen LogP contribution in [0, 0.1) is 5.41 Å². The van der Waals surface area contributed by atoms with Crippen molar-refractivity contribution in [2.75, 3.05) is 27.5 Å². The number of alkyl halides is 1. The lowest BCUT2D eigenvalue weighted by molar-refractivity contribution is 0.0694. The maximum Gasteiger partial charge on any atom is 0.341 e. The number of carboxylic acids is 1. The second-order valence-corrected chi connectivity index (χ2v) is 8.56. The Bertz CT molecular complexity index is 1030. The Morgan fingerprint density at radius 3 is 2.61 bits per heavy atom. The third kappa shape index (κ3) is 4.62. The average Bonchev–Trinajstić information content (AvgIpc) is 3.50. The molecule has 31 heavy (non-hydrogen) atoms. The molecule has 8 heteroatoms. The predicted molar refractivity (Wildman–Crippen MR) is 117 cm³/mol. The molecule has 168 valence electrons. The molecule has 1 unspecified atom stereocenters. The maximum absolute atomic E-state index is 12.4. The van der Waals surface area contributed by atoms with Gasteiger partial charge in [-0.15, -0.1) is 0 Å². The molecule has 0 bridgehead atoms. The standard InChI is InChI=1S/C22H24ClNO5.CH3F/c1-22(4-5-22)20-9-13-8-19(29-7-3-6-28-2)16(23)10-14(13)17-11-18(25)15(21(26)27)12-24(17)20;1-2/h8,10-12,20H,3-7,9H2,1-2H3,(H,26,27);1H3. The molecule has 2 aromatic rings. The van der Waals surface area contributed by atoms with E-state index in [1.165, 1.54) is 12.3 Å². The zero-order chi connectivity index (χ0) is 22.8. The monoisotopic (exact) mass is 451 g/mol. The molecule has 2 aliphatic rings. The van der Waals surface area contributed by atoms with Crippen molar-refractivity contribution >= 4 is 17.6 Å². The number of fused-ring (bicyclic) bond motifs is 3. The van der Waals surface area contributed by atoms with Gasteiger partial charge in [0.15, 0.2) is 5.43 Å². The van der Waals surface area contributed by atoms with Gasteiger partial charge in [-0.2, -0.15) is 0 Å². The first-order valence-electron chi connectivity index (χ1n) is 10.2. The number of halogens is 2. The summed E-state index contributed by atoms with van der Waals surface area (Å²) in [6.07, 6.45) is 5.16. The van der Waals surface area contributed by atoms with Gasteiger partial charge < -0.3 is 19.1 Å². The normalized spacial score (nSPS) is 17.6. The molecule has 1 saturated carbocycles. The number of benzene rings is 1. The van der Waals surface area contributed by atoms with Crippen LogP contribution in [0.5, 0.6) is 5.75 Å². The molecule has 1 aromatic carbocycles. The van der Waals surface area contributed by atoms with Crippen LogP contribution in [-0.2, 0) is 11.2 Å². The number of ether oxygens (including phenoxy) is 2. The highest BCUT2D eigenvalue weighted by atomic mass is 35.5. The number of hydrogen-bond acceptors (Lipinski definition) is 4. The van der Waals surface area contributed by atoms with E-state index in [9.17, 15) is 19.1 Å². The molecular formula is C23H27ClFNO5. The number of rotatable bonds is 7. The summed E-state index contributed by atoms with van der Waals surface area (Å²) in [7, 11) is 2.15. The van der Waals surface area contributed by atoms with Gasteiger partial charge in [-0.1, -0.05) is 18.5 Å². The van der Waals surface area contributed by atoms with E-state index in [4.69, 9.17) is 21.1 Å². The average molecular weight is 452 g/mol. The molecule has 1 aromatic heterocycles. The predicted octanol–water partition coefficient (Wildman–Crippen LogP) is 4.77. The number of methoxy groups -OCH3 is 1. The van der Waals surface area contributed by atoms with Crippen molar-refractivity contribution in [1.82, 2.24) is 4.57 Å². The fraction of sp³-hybridized carbons (Fsp3) is 0.478. The van der Waals surface area contributed by atoms with Gasteiger partial charge in [-0.25, -0.2) is 4.79 Å². The summed E-state index contributed by atoms with van der Waals surface area (Å²) in [6, 6.07) is 5.30. The van der Waals surface area contributed by atoms with Crippen LogP contribution in [0.4, 0.5) is 4.39 Å². The molecule has 0 saturated heterocycles. The molecule has 1 aliphatic heterocycles. The van der Waals surface area contributed by atoms with E-state index < -0.39 is 11.4 Å². The Balaban J connectivity index is 0.00000132. The van der Waals surface area contributed by atoms with Crippen LogP contribution in [0.15, 0.2) is 29.2 Å².